The van der Waals surface area contributed by atoms with Crippen LogP contribution in [0.1, 0.15) is 6.92 Å². The van der Waals surface area contributed by atoms with E-state index < -0.39 is 5.91 Å². The summed E-state index contributed by atoms with van der Waals surface area (Å²) in [6, 6.07) is 0. The normalized spacial score (nSPS) is 9.18. The van der Waals surface area contributed by atoms with Gasteiger partial charge in [0, 0.05) is 19.2 Å². The Morgan fingerprint density at radius 3 is 2.36 bits per heavy atom. The molecule has 0 heterocycles. The Morgan fingerprint density at radius 2 is 1.91 bits per heavy atom. The fourth-order valence-electron chi connectivity index (χ4n) is 0.341. The first-order valence-electron chi connectivity index (χ1n) is 2.84. The van der Waals surface area contributed by atoms with Gasteiger partial charge >= 0.3 is 0 Å². The summed E-state index contributed by atoms with van der Waals surface area (Å²) in [4.78, 5) is 30.3. The van der Waals surface area contributed by atoms with E-state index in [1.165, 1.54) is 6.92 Å². The number of amides is 3. The second-order valence-corrected chi connectivity index (χ2v) is 1.66. The van der Waals surface area contributed by atoms with Crippen molar-refractivity contribution in [3.8, 4) is 0 Å². The van der Waals surface area contributed by atoms with Crippen LogP contribution in [0, 0.1) is 0 Å². The molecule has 5 heteroatoms. The molecule has 0 atom stereocenters. The number of rotatable bonds is 3. The maximum Gasteiger partial charge on any atom is 0.251 e. The van der Waals surface area contributed by atoms with Crippen LogP contribution in [0.5, 0.6) is 0 Å². The lowest BCUT2D eigenvalue weighted by Gasteiger charge is -1.90. The van der Waals surface area contributed by atoms with Crippen LogP contribution >= 0.6 is 0 Å². The van der Waals surface area contributed by atoms with Gasteiger partial charge in [0.05, 0.1) is 0 Å². The van der Waals surface area contributed by atoms with Gasteiger partial charge in [0.1, 0.15) is 0 Å². The molecule has 0 aromatic carbocycles. The molecule has 0 bridgehead atoms. The molecule has 0 aliphatic rings. The number of carbonyl (C=O) groups is 3. The Bertz CT molecular complexity index is 198. The van der Waals surface area contributed by atoms with Gasteiger partial charge in [-0.1, -0.05) is 0 Å². The average Bonchev–Trinajstić information content (AvgIpc) is 1.87. The molecule has 0 aromatic heterocycles. The molecule has 60 valence electrons. The van der Waals surface area contributed by atoms with Gasteiger partial charge in [-0.05, 0) is 0 Å². The zero-order valence-electron chi connectivity index (χ0n) is 5.96. The van der Waals surface area contributed by atoms with Crippen molar-refractivity contribution in [1.82, 2.24) is 10.6 Å². The van der Waals surface area contributed by atoms with Crippen LogP contribution in [0.2, 0.25) is 0 Å². The number of nitrogens with one attached hydrogen (secondary N) is 2. The summed E-state index contributed by atoms with van der Waals surface area (Å²) >= 11 is 0. The first-order chi connectivity index (χ1) is 5.16. The van der Waals surface area contributed by atoms with Gasteiger partial charge in [-0.15, -0.1) is 0 Å². The third-order valence-electron chi connectivity index (χ3n) is 0.722. The zero-order chi connectivity index (χ0) is 8.69. The van der Waals surface area contributed by atoms with Gasteiger partial charge in [0.25, 0.3) is 5.91 Å². The van der Waals surface area contributed by atoms with Crippen LogP contribution in [-0.4, -0.2) is 18.2 Å². The average molecular weight is 156 g/mol. The maximum absolute atomic E-state index is 10.4. The smallest absolute Gasteiger partial charge is 0.251 e. The van der Waals surface area contributed by atoms with Crippen molar-refractivity contribution in [2.24, 2.45) is 0 Å². The van der Waals surface area contributed by atoms with E-state index in [9.17, 15) is 14.4 Å². The quantitative estimate of drug-likeness (QED) is 0.402. The first-order valence-corrected chi connectivity index (χ1v) is 2.84. The van der Waals surface area contributed by atoms with Gasteiger partial charge in [-0.3, -0.25) is 19.7 Å². The topological polar surface area (TPSA) is 75.3 Å². The molecule has 0 saturated heterocycles. The fraction of sp³-hybridized carbons (Fsp3) is 0.167. The van der Waals surface area contributed by atoms with Crippen molar-refractivity contribution in [3.63, 3.8) is 0 Å². The van der Waals surface area contributed by atoms with Crippen molar-refractivity contribution in [1.29, 1.82) is 0 Å². The van der Waals surface area contributed by atoms with E-state index in [0.29, 0.717) is 0 Å². The Morgan fingerprint density at radius 1 is 1.27 bits per heavy atom. The highest BCUT2D eigenvalue weighted by molar-refractivity contribution is 5.94. The summed E-state index contributed by atoms with van der Waals surface area (Å²) in [6.45, 7) is 1.31. The minimum Gasteiger partial charge on any atom is -0.333 e. The van der Waals surface area contributed by atoms with Crippen LogP contribution in [0.4, 0.5) is 0 Å². The summed E-state index contributed by atoms with van der Waals surface area (Å²) in [6.07, 6.45) is 2.46. The van der Waals surface area contributed by atoms with Gasteiger partial charge in [-0.2, -0.15) is 0 Å². The lowest BCUT2D eigenvalue weighted by atomic mass is 10.5. The first kappa shape index (κ1) is 9.35. The van der Waals surface area contributed by atoms with E-state index in [-0.39, 0.29) is 12.3 Å². The highest BCUT2D eigenvalue weighted by Gasteiger charge is 1.89. The van der Waals surface area contributed by atoms with Gasteiger partial charge in [0.15, 0.2) is 0 Å². The van der Waals surface area contributed by atoms with Crippen LogP contribution in [0.3, 0.4) is 0 Å². The van der Waals surface area contributed by atoms with Crippen molar-refractivity contribution in [2.45, 2.75) is 6.92 Å². The molecule has 0 fully saturated rings. The molecular weight excluding hydrogens is 148 g/mol. The van der Waals surface area contributed by atoms with E-state index in [1.54, 1.807) is 0 Å². The highest BCUT2D eigenvalue weighted by Crippen LogP contribution is 1.68. The van der Waals surface area contributed by atoms with Crippen molar-refractivity contribution in [3.05, 3.63) is 12.3 Å². The molecule has 0 rings (SSSR count). The Labute approximate surface area is 63.5 Å². The number of imide groups is 1. The lowest BCUT2D eigenvalue weighted by Crippen LogP contribution is -2.20. The summed E-state index contributed by atoms with van der Waals surface area (Å²) < 4.78 is 0. The number of hydrogen-bond donors (Lipinski definition) is 2. The molecule has 0 unspecified atom stereocenters. The van der Waals surface area contributed by atoms with Crippen molar-refractivity contribution >= 4 is 18.2 Å². The molecule has 3 amide bonds. The molecule has 0 aliphatic heterocycles. The van der Waals surface area contributed by atoms with Gasteiger partial charge in [-0.25, -0.2) is 0 Å². The van der Waals surface area contributed by atoms with Crippen LogP contribution in [0.25, 0.3) is 0 Å². The molecule has 0 radical (unpaired) electrons. The Kier molecular flexibility index (Phi) is 4.39. The van der Waals surface area contributed by atoms with Crippen molar-refractivity contribution in [2.75, 3.05) is 0 Å². The van der Waals surface area contributed by atoms with Crippen LogP contribution in [0.15, 0.2) is 12.3 Å². The Balaban J connectivity index is 3.64. The minimum absolute atomic E-state index is 0.264. The third-order valence-corrected chi connectivity index (χ3v) is 0.722. The van der Waals surface area contributed by atoms with E-state index in [2.05, 4.69) is 5.32 Å². The van der Waals surface area contributed by atoms with Gasteiger partial charge < -0.3 is 5.32 Å². The van der Waals surface area contributed by atoms with Crippen molar-refractivity contribution < 1.29 is 14.4 Å². The number of carbonyl (C=O) groups excluding carboxylic acids is 3. The van der Waals surface area contributed by atoms with E-state index in [1.807, 2.05) is 5.32 Å². The lowest BCUT2D eigenvalue weighted by molar-refractivity contribution is -0.121. The number of hydrogen-bond acceptors (Lipinski definition) is 3. The molecule has 11 heavy (non-hydrogen) atoms. The molecular formula is C6H8N2O3. The summed E-state index contributed by atoms with van der Waals surface area (Å²) in [5.41, 5.74) is 0. The predicted octanol–water partition coefficient (Wildman–Crippen LogP) is -1.09. The Hall–Kier alpha value is -1.65. The second-order valence-electron chi connectivity index (χ2n) is 1.66. The van der Waals surface area contributed by atoms with Crippen LogP contribution < -0.4 is 10.6 Å². The van der Waals surface area contributed by atoms with Gasteiger partial charge in [0.2, 0.25) is 12.3 Å². The molecule has 5 nitrogen and oxygen atoms in total. The third kappa shape index (κ3) is 6.23. The molecule has 0 saturated carbocycles. The molecule has 0 aromatic rings. The summed E-state index contributed by atoms with van der Waals surface area (Å²) in [5.74, 6) is -0.853. The monoisotopic (exact) mass is 156 g/mol. The summed E-state index contributed by atoms with van der Waals surface area (Å²) in [5, 5.41) is 4.10. The predicted molar refractivity (Wildman–Crippen MR) is 37.2 cm³/mol. The molecule has 0 aliphatic carbocycles. The SMILES string of the molecule is CC(=O)N/C=C\C(=O)NC=O. The van der Waals surface area contributed by atoms with Crippen LogP contribution in [-0.2, 0) is 14.4 Å². The second kappa shape index (κ2) is 5.16. The maximum atomic E-state index is 10.4. The van der Waals surface area contributed by atoms with E-state index >= 15 is 0 Å². The summed E-state index contributed by atoms with van der Waals surface area (Å²) in [7, 11) is 0. The van der Waals surface area contributed by atoms with E-state index in [0.717, 1.165) is 12.3 Å². The molecule has 2 N–H and O–H groups in total. The minimum atomic E-state index is -0.575. The highest BCUT2D eigenvalue weighted by atomic mass is 16.2. The van der Waals surface area contributed by atoms with E-state index in [4.69, 9.17) is 0 Å². The zero-order valence-corrected chi connectivity index (χ0v) is 5.96. The molecule has 0 spiro atoms. The largest absolute Gasteiger partial charge is 0.333 e. The fourth-order valence-corrected chi connectivity index (χ4v) is 0.341. The standard InChI is InChI=1S/C6H8N2O3/c1-5(10)7-3-2-6(11)8-4-9/h2-4H,1H3,(H,7,10)(H,8,9,11)/b3-2-.